The van der Waals surface area contributed by atoms with Gasteiger partial charge in [-0.25, -0.2) is 4.90 Å². The standard InChI is InChI=1S/C26H23ClN2O3/c1-15-12-13-18(14-16(15)2)23-24(28-20-9-5-6-11-22(20)32-4)26(31)29(25(23)30)21-10-7-8-19(27)17(21)3/h5-14,28H,1-4H3. The second kappa shape index (κ2) is 8.52. The SMILES string of the molecule is COc1ccccc1NC1=C(c2ccc(C)c(C)c2)C(=O)N(c2cccc(Cl)c2C)C1=O. The van der Waals surface area contributed by atoms with Crippen molar-refractivity contribution < 1.29 is 14.3 Å². The molecule has 0 saturated carbocycles. The van der Waals surface area contributed by atoms with Crippen molar-refractivity contribution in [1.82, 2.24) is 0 Å². The number of benzene rings is 3. The third-order valence-electron chi connectivity index (χ3n) is 5.73. The van der Waals surface area contributed by atoms with Crippen LogP contribution in [0.15, 0.2) is 66.4 Å². The van der Waals surface area contributed by atoms with Crippen molar-refractivity contribution in [2.24, 2.45) is 0 Å². The lowest BCUT2D eigenvalue weighted by molar-refractivity contribution is -0.120. The number of hydrogen-bond donors (Lipinski definition) is 1. The van der Waals surface area contributed by atoms with Gasteiger partial charge in [-0.05, 0) is 67.3 Å². The summed E-state index contributed by atoms with van der Waals surface area (Å²) in [5, 5.41) is 3.65. The summed E-state index contributed by atoms with van der Waals surface area (Å²) in [5.74, 6) is -0.280. The summed E-state index contributed by atoms with van der Waals surface area (Å²) in [7, 11) is 1.56. The van der Waals surface area contributed by atoms with Gasteiger partial charge in [0, 0.05) is 5.02 Å². The smallest absolute Gasteiger partial charge is 0.282 e. The van der Waals surface area contributed by atoms with E-state index in [0.717, 1.165) is 11.1 Å². The molecule has 6 heteroatoms. The van der Waals surface area contributed by atoms with Crippen molar-refractivity contribution in [3.63, 3.8) is 0 Å². The topological polar surface area (TPSA) is 58.6 Å². The van der Waals surface area contributed by atoms with Gasteiger partial charge < -0.3 is 10.1 Å². The van der Waals surface area contributed by atoms with Gasteiger partial charge in [-0.2, -0.15) is 0 Å². The minimum atomic E-state index is -0.445. The van der Waals surface area contributed by atoms with E-state index in [4.69, 9.17) is 16.3 Å². The first-order chi connectivity index (χ1) is 15.3. The third kappa shape index (κ3) is 3.65. The van der Waals surface area contributed by atoms with E-state index in [-0.39, 0.29) is 5.70 Å². The first kappa shape index (κ1) is 21.7. The van der Waals surface area contributed by atoms with Crippen LogP contribution in [0.2, 0.25) is 5.02 Å². The molecule has 2 amide bonds. The molecule has 0 fully saturated rings. The fourth-order valence-corrected chi connectivity index (χ4v) is 3.92. The van der Waals surface area contributed by atoms with Crippen LogP contribution in [-0.4, -0.2) is 18.9 Å². The van der Waals surface area contributed by atoms with E-state index in [0.29, 0.717) is 38.8 Å². The van der Waals surface area contributed by atoms with Crippen LogP contribution in [0.5, 0.6) is 5.75 Å². The third-order valence-corrected chi connectivity index (χ3v) is 6.14. The van der Waals surface area contributed by atoms with Crippen LogP contribution in [0, 0.1) is 20.8 Å². The quantitative estimate of drug-likeness (QED) is 0.513. The molecule has 1 aliphatic heterocycles. The van der Waals surface area contributed by atoms with Crippen molar-refractivity contribution >= 4 is 40.4 Å². The van der Waals surface area contributed by atoms with Crippen LogP contribution >= 0.6 is 11.6 Å². The highest BCUT2D eigenvalue weighted by atomic mass is 35.5. The zero-order valence-electron chi connectivity index (χ0n) is 18.3. The number of aryl methyl sites for hydroxylation is 2. The van der Waals surface area contributed by atoms with Gasteiger partial charge in [0.25, 0.3) is 11.8 Å². The Bertz CT molecular complexity index is 1280. The number of amides is 2. The number of imide groups is 1. The highest BCUT2D eigenvalue weighted by Gasteiger charge is 2.41. The predicted octanol–water partition coefficient (Wildman–Crippen LogP) is 5.67. The Morgan fingerprint density at radius 2 is 1.62 bits per heavy atom. The number of nitrogens with zero attached hydrogens (tertiary/aromatic N) is 1. The molecule has 162 valence electrons. The van der Waals surface area contributed by atoms with Gasteiger partial charge in [-0.15, -0.1) is 0 Å². The maximum Gasteiger partial charge on any atom is 0.282 e. The Kier molecular flexibility index (Phi) is 5.76. The van der Waals surface area contributed by atoms with Crippen LogP contribution in [-0.2, 0) is 9.59 Å². The number of ether oxygens (including phenoxy) is 1. The Hall–Kier alpha value is -3.57. The molecule has 5 nitrogen and oxygen atoms in total. The molecule has 1 heterocycles. The molecule has 0 unspecified atom stereocenters. The number of anilines is 2. The second-order valence-corrected chi connectivity index (χ2v) is 8.11. The largest absolute Gasteiger partial charge is 0.495 e. The molecule has 1 aliphatic rings. The normalized spacial score (nSPS) is 13.7. The summed E-state index contributed by atoms with van der Waals surface area (Å²) >= 11 is 6.29. The van der Waals surface area contributed by atoms with E-state index in [9.17, 15) is 9.59 Å². The predicted molar refractivity (Wildman–Crippen MR) is 128 cm³/mol. The van der Waals surface area contributed by atoms with Crippen molar-refractivity contribution in [2.45, 2.75) is 20.8 Å². The molecular formula is C26H23ClN2O3. The van der Waals surface area contributed by atoms with Crippen molar-refractivity contribution in [3.8, 4) is 5.75 Å². The molecule has 0 spiro atoms. The van der Waals surface area contributed by atoms with Gasteiger partial charge in [0.15, 0.2) is 0 Å². The van der Waals surface area contributed by atoms with Gasteiger partial charge in [0.2, 0.25) is 0 Å². The van der Waals surface area contributed by atoms with E-state index in [1.807, 2.05) is 44.2 Å². The monoisotopic (exact) mass is 446 g/mol. The summed E-state index contributed by atoms with van der Waals surface area (Å²) in [6.07, 6.45) is 0. The molecule has 1 N–H and O–H groups in total. The lowest BCUT2D eigenvalue weighted by atomic mass is 9.99. The summed E-state index contributed by atoms with van der Waals surface area (Å²) in [4.78, 5) is 28.5. The summed E-state index contributed by atoms with van der Waals surface area (Å²) in [6.45, 7) is 5.77. The van der Waals surface area contributed by atoms with Crippen molar-refractivity contribution in [2.75, 3.05) is 17.3 Å². The van der Waals surface area contributed by atoms with Gasteiger partial charge in [0.1, 0.15) is 11.4 Å². The maximum absolute atomic E-state index is 13.7. The van der Waals surface area contributed by atoms with E-state index in [1.165, 1.54) is 4.90 Å². The van der Waals surface area contributed by atoms with Crippen molar-refractivity contribution in [1.29, 1.82) is 0 Å². The Morgan fingerprint density at radius 1 is 0.875 bits per heavy atom. The van der Waals surface area contributed by atoms with Gasteiger partial charge in [0.05, 0.1) is 24.1 Å². The van der Waals surface area contributed by atoms with Gasteiger partial charge >= 0.3 is 0 Å². The highest BCUT2D eigenvalue weighted by molar-refractivity contribution is 6.46. The number of carbonyl (C=O) groups is 2. The molecule has 0 atom stereocenters. The molecule has 4 rings (SSSR count). The summed E-state index contributed by atoms with van der Waals surface area (Å²) in [6, 6.07) is 18.2. The number of methoxy groups -OCH3 is 1. The summed E-state index contributed by atoms with van der Waals surface area (Å²) < 4.78 is 5.43. The van der Waals surface area contributed by atoms with E-state index >= 15 is 0 Å². The van der Waals surface area contributed by atoms with Crippen LogP contribution in [0.4, 0.5) is 11.4 Å². The number of rotatable bonds is 5. The molecule has 32 heavy (non-hydrogen) atoms. The van der Waals surface area contributed by atoms with Crippen LogP contribution < -0.4 is 15.0 Å². The molecule has 0 aromatic heterocycles. The molecular weight excluding hydrogens is 424 g/mol. The first-order valence-electron chi connectivity index (χ1n) is 10.2. The van der Waals surface area contributed by atoms with Crippen LogP contribution in [0.25, 0.3) is 5.57 Å². The summed E-state index contributed by atoms with van der Waals surface area (Å²) in [5.41, 5.74) is 5.03. The lowest BCUT2D eigenvalue weighted by Crippen LogP contribution is -2.33. The van der Waals surface area contributed by atoms with Crippen molar-refractivity contribution in [3.05, 3.63) is 93.6 Å². The zero-order valence-corrected chi connectivity index (χ0v) is 19.1. The average Bonchev–Trinajstić information content (AvgIpc) is 3.02. The first-order valence-corrected chi connectivity index (χ1v) is 10.6. The second-order valence-electron chi connectivity index (χ2n) is 7.70. The Morgan fingerprint density at radius 3 is 2.34 bits per heavy atom. The highest BCUT2D eigenvalue weighted by Crippen LogP contribution is 2.38. The molecule has 0 saturated heterocycles. The van der Waals surface area contributed by atoms with Crippen LogP contribution in [0.1, 0.15) is 22.3 Å². The van der Waals surface area contributed by atoms with Gasteiger partial charge in [-0.3, -0.25) is 9.59 Å². The van der Waals surface area contributed by atoms with Gasteiger partial charge in [-0.1, -0.05) is 48.0 Å². The molecule has 0 aliphatic carbocycles. The number of halogens is 1. The Balaban J connectivity index is 1.89. The van der Waals surface area contributed by atoms with E-state index < -0.39 is 11.8 Å². The Labute approximate surface area is 192 Å². The molecule has 0 radical (unpaired) electrons. The van der Waals surface area contributed by atoms with E-state index in [1.54, 1.807) is 44.4 Å². The number of carbonyl (C=O) groups excluding carboxylic acids is 2. The number of hydrogen-bond acceptors (Lipinski definition) is 4. The minimum absolute atomic E-state index is 0.196. The van der Waals surface area contributed by atoms with E-state index in [2.05, 4.69) is 5.32 Å². The number of para-hydroxylation sites is 2. The molecule has 0 bridgehead atoms. The molecule has 3 aromatic carbocycles. The number of nitrogens with one attached hydrogen (secondary N) is 1. The fraction of sp³-hybridized carbons (Fsp3) is 0.154. The molecule has 3 aromatic rings. The minimum Gasteiger partial charge on any atom is -0.495 e. The maximum atomic E-state index is 13.7. The fourth-order valence-electron chi connectivity index (χ4n) is 3.75. The lowest BCUT2D eigenvalue weighted by Gasteiger charge is -2.18. The van der Waals surface area contributed by atoms with Crippen LogP contribution in [0.3, 0.4) is 0 Å². The average molecular weight is 447 g/mol. The zero-order chi connectivity index (χ0) is 23.0.